The molecule has 0 amide bonds. The highest BCUT2D eigenvalue weighted by Crippen LogP contribution is 2.77. The number of allylic oxidation sites excluding steroid dienone is 1. The summed E-state index contributed by atoms with van der Waals surface area (Å²) in [5.41, 5.74) is 2.14. The summed E-state index contributed by atoms with van der Waals surface area (Å²) in [6.45, 7) is 21.3. The van der Waals surface area contributed by atoms with Crippen molar-refractivity contribution in [3.8, 4) is 0 Å². The molecule has 6 rings (SSSR count). The SMILES string of the molecule is CC(C)C1=C2[C@H]3CC[C@@H]4[C@@]5(C)CC[C@H](OC(=O)CC(C)(C)CC(=O)O)C(C)(C)[C@@H]5CC[C@@]4(C)[C@]3(C)CC[C@]2([C@@H](O)CNCc2ccc(Cl)cc2)CC1=O. The Bertz CT molecular complexity index is 1630. The van der Waals surface area contributed by atoms with Gasteiger partial charge in [0, 0.05) is 35.4 Å². The minimum Gasteiger partial charge on any atom is -0.481 e. The number of hydrogen-bond acceptors (Lipinski definition) is 6. The first-order valence-corrected chi connectivity index (χ1v) is 20.8. The summed E-state index contributed by atoms with van der Waals surface area (Å²) in [4.78, 5) is 38.7. The zero-order chi connectivity index (χ0) is 38.9. The van der Waals surface area contributed by atoms with Crippen molar-refractivity contribution in [2.75, 3.05) is 6.54 Å². The molecule has 53 heavy (non-hydrogen) atoms. The fraction of sp³-hybridized carbons (Fsp3) is 0.756. The van der Waals surface area contributed by atoms with Gasteiger partial charge in [-0.2, -0.15) is 0 Å². The van der Waals surface area contributed by atoms with Crippen LogP contribution in [0.15, 0.2) is 35.4 Å². The average Bonchev–Trinajstić information content (AvgIpc) is 3.36. The van der Waals surface area contributed by atoms with E-state index in [0.29, 0.717) is 36.4 Å². The maximum Gasteiger partial charge on any atom is 0.306 e. The number of carboxylic acids is 1. The first-order chi connectivity index (χ1) is 24.6. The van der Waals surface area contributed by atoms with E-state index in [4.69, 9.17) is 16.3 Å². The van der Waals surface area contributed by atoms with Crippen molar-refractivity contribution >= 4 is 29.3 Å². The molecule has 0 aromatic heterocycles. The van der Waals surface area contributed by atoms with E-state index in [2.05, 4.69) is 53.8 Å². The van der Waals surface area contributed by atoms with Gasteiger partial charge in [0.05, 0.1) is 18.9 Å². The third kappa shape index (κ3) is 6.75. The number of carbonyl (C=O) groups excluding carboxylic acids is 2. The topological polar surface area (TPSA) is 113 Å². The average molecular weight is 752 g/mol. The van der Waals surface area contributed by atoms with Crippen LogP contribution in [0.5, 0.6) is 0 Å². The molecule has 0 bridgehead atoms. The predicted octanol–water partition coefficient (Wildman–Crippen LogP) is 9.57. The first-order valence-electron chi connectivity index (χ1n) is 20.4. The highest BCUT2D eigenvalue weighted by molar-refractivity contribution is 6.30. The summed E-state index contributed by atoms with van der Waals surface area (Å²) in [7, 11) is 0. The summed E-state index contributed by atoms with van der Waals surface area (Å²) in [6, 6.07) is 7.80. The predicted molar refractivity (Wildman–Crippen MR) is 209 cm³/mol. The molecule has 4 fully saturated rings. The number of esters is 1. The molecule has 294 valence electrons. The summed E-state index contributed by atoms with van der Waals surface area (Å²) in [5.74, 6) is 0.305. The minimum absolute atomic E-state index is 0.00682. The molecule has 0 aliphatic heterocycles. The number of carbonyl (C=O) groups is 3. The fourth-order valence-electron chi connectivity index (χ4n) is 13.5. The Morgan fingerprint density at radius 3 is 2.25 bits per heavy atom. The van der Waals surface area contributed by atoms with Crippen LogP contribution in [-0.2, 0) is 25.7 Å². The lowest BCUT2D eigenvalue weighted by molar-refractivity contribution is -0.235. The number of fused-ring (bicyclic) bond motifs is 7. The maximum absolute atomic E-state index is 14.0. The van der Waals surface area contributed by atoms with Crippen molar-refractivity contribution in [1.29, 1.82) is 0 Å². The van der Waals surface area contributed by atoms with Crippen LogP contribution in [0.25, 0.3) is 0 Å². The molecule has 0 unspecified atom stereocenters. The lowest BCUT2D eigenvalue weighted by Crippen LogP contribution is -2.66. The van der Waals surface area contributed by atoms with E-state index in [1.807, 2.05) is 38.1 Å². The molecule has 0 radical (unpaired) electrons. The van der Waals surface area contributed by atoms with Crippen molar-refractivity contribution in [3.05, 3.63) is 46.0 Å². The Morgan fingerprint density at radius 1 is 0.925 bits per heavy atom. The lowest BCUT2D eigenvalue weighted by Gasteiger charge is -2.72. The van der Waals surface area contributed by atoms with Gasteiger partial charge in [-0.3, -0.25) is 14.4 Å². The van der Waals surface area contributed by atoms with Crippen LogP contribution >= 0.6 is 11.6 Å². The van der Waals surface area contributed by atoms with E-state index in [1.165, 1.54) is 5.57 Å². The van der Waals surface area contributed by atoms with Gasteiger partial charge in [0.1, 0.15) is 6.10 Å². The van der Waals surface area contributed by atoms with Gasteiger partial charge in [-0.05, 0) is 120 Å². The molecule has 9 atom stereocenters. The van der Waals surface area contributed by atoms with E-state index in [0.717, 1.165) is 62.5 Å². The normalized spacial score (nSPS) is 37.0. The van der Waals surface area contributed by atoms with Crippen LogP contribution in [0.4, 0.5) is 0 Å². The molecule has 0 heterocycles. The second-order valence-electron chi connectivity index (χ2n) is 20.4. The lowest BCUT2D eigenvalue weighted by atomic mass is 9.33. The highest BCUT2D eigenvalue weighted by Gasteiger charge is 2.70. The quantitative estimate of drug-likeness (QED) is 0.193. The zero-order valence-electron chi connectivity index (χ0n) is 33.9. The van der Waals surface area contributed by atoms with Gasteiger partial charge in [-0.25, -0.2) is 0 Å². The van der Waals surface area contributed by atoms with Gasteiger partial charge >= 0.3 is 11.9 Å². The summed E-state index contributed by atoms with van der Waals surface area (Å²) < 4.78 is 6.26. The minimum atomic E-state index is -0.899. The molecule has 0 saturated heterocycles. The third-order valence-electron chi connectivity index (χ3n) is 16.2. The number of nitrogens with one attached hydrogen (secondary N) is 1. The molecule has 5 aliphatic carbocycles. The Kier molecular flexibility index (Phi) is 10.7. The highest BCUT2D eigenvalue weighted by atomic mass is 35.5. The first kappa shape index (κ1) is 40.4. The van der Waals surface area contributed by atoms with Gasteiger partial charge in [0.2, 0.25) is 0 Å². The van der Waals surface area contributed by atoms with Gasteiger partial charge < -0.3 is 20.3 Å². The van der Waals surface area contributed by atoms with Gasteiger partial charge in [-0.15, -0.1) is 0 Å². The van der Waals surface area contributed by atoms with Crippen molar-refractivity contribution in [2.45, 2.75) is 152 Å². The van der Waals surface area contributed by atoms with Crippen LogP contribution in [0, 0.1) is 56.2 Å². The van der Waals surface area contributed by atoms with Crippen LogP contribution in [0.1, 0.15) is 139 Å². The molecule has 1 aromatic carbocycles. The van der Waals surface area contributed by atoms with Crippen LogP contribution in [-0.4, -0.2) is 46.7 Å². The largest absolute Gasteiger partial charge is 0.481 e. The Hall–Kier alpha value is -2.22. The molecule has 4 saturated carbocycles. The molecule has 0 spiro atoms. The summed E-state index contributed by atoms with van der Waals surface area (Å²) >= 11 is 6.11. The number of halogens is 1. The summed E-state index contributed by atoms with van der Waals surface area (Å²) in [6.07, 6.45) is 7.51. The van der Waals surface area contributed by atoms with Crippen molar-refractivity contribution in [2.24, 2.45) is 56.2 Å². The molecule has 1 aromatic rings. The number of ether oxygens (including phenoxy) is 1. The van der Waals surface area contributed by atoms with Crippen molar-refractivity contribution in [1.82, 2.24) is 5.32 Å². The Balaban J connectivity index is 1.24. The Labute approximate surface area is 323 Å². The van der Waals surface area contributed by atoms with Gasteiger partial charge in [-0.1, -0.05) is 91.6 Å². The number of Topliss-reactive ketones (excluding diaryl/α,β-unsaturated/α-hetero) is 1. The second-order valence-corrected chi connectivity index (χ2v) is 20.8. The monoisotopic (exact) mass is 751 g/mol. The standard InChI is InChI=1S/C45H66ClNO6/c1-27(2)38-31(48)22-45(34(49)26-47-25-28-10-12-29(46)13-11-28)21-20-43(8)30(39(38)45)14-15-33-42(7)18-17-35(41(5,6)32(42)16-19-44(33,43)9)53-37(52)24-40(3,4)23-36(50)51/h10-13,27,30,32-35,47,49H,14-26H2,1-9H3,(H,50,51)/t30-,32+,33-,34+,35+,42+,43-,44-,45-/m1/s1. The van der Waals surface area contributed by atoms with Crippen LogP contribution < -0.4 is 5.32 Å². The van der Waals surface area contributed by atoms with Crippen LogP contribution in [0.2, 0.25) is 5.02 Å². The zero-order valence-corrected chi connectivity index (χ0v) is 34.6. The number of carboxylic acid groups (broad SMARTS) is 1. The van der Waals surface area contributed by atoms with Gasteiger partial charge in [0.15, 0.2) is 5.78 Å². The number of ketones is 1. The number of aliphatic hydroxyl groups excluding tert-OH is 1. The summed E-state index contributed by atoms with van der Waals surface area (Å²) in [5, 5.41) is 25.7. The molecule has 8 heteroatoms. The van der Waals surface area contributed by atoms with Crippen molar-refractivity contribution < 1.29 is 29.3 Å². The number of aliphatic carboxylic acids is 1. The van der Waals surface area contributed by atoms with E-state index >= 15 is 0 Å². The molecular weight excluding hydrogens is 686 g/mol. The molecule has 5 aliphatic rings. The smallest absolute Gasteiger partial charge is 0.306 e. The van der Waals surface area contributed by atoms with Crippen molar-refractivity contribution in [3.63, 3.8) is 0 Å². The third-order valence-corrected chi connectivity index (χ3v) is 16.4. The molecule has 3 N–H and O–H groups in total. The fourth-order valence-corrected chi connectivity index (χ4v) is 13.6. The van der Waals surface area contributed by atoms with E-state index < -0.39 is 22.9 Å². The maximum atomic E-state index is 14.0. The molecular formula is C45H66ClNO6. The molecule has 7 nitrogen and oxygen atoms in total. The van der Waals surface area contributed by atoms with E-state index in [1.54, 1.807) is 0 Å². The van der Waals surface area contributed by atoms with Crippen LogP contribution in [0.3, 0.4) is 0 Å². The van der Waals surface area contributed by atoms with E-state index in [-0.39, 0.29) is 64.2 Å². The second kappa shape index (κ2) is 14.1. The van der Waals surface area contributed by atoms with E-state index in [9.17, 15) is 24.6 Å². The number of rotatable bonds is 11. The Morgan fingerprint density at radius 2 is 1.60 bits per heavy atom. The number of hydrogen-bond donors (Lipinski definition) is 3. The van der Waals surface area contributed by atoms with Gasteiger partial charge in [0.25, 0.3) is 0 Å². The number of benzene rings is 1. The number of aliphatic hydroxyl groups is 1.